The molecule has 1 aliphatic heterocycles. The van der Waals surface area contributed by atoms with Crippen molar-refractivity contribution >= 4 is 51.0 Å². The van der Waals surface area contributed by atoms with E-state index in [0.29, 0.717) is 5.52 Å². The van der Waals surface area contributed by atoms with E-state index in [1.807, 2.05) is 30.5 Å². The van der Waals surface area contributed by atoms with Crippen LogP contribution in [0.5, 0.6) is 0 Å². The van der Waals surface area contributed by atoms with E-state index in [1.54, 1.807) is 35.8 Å². The monoisotopic (exact) mass is 363 g/mol. The van der Waals surface area contributed by atoms with Crippen molar-refractivity contribution in [1.82, 2.24) is 9.97 Å². The number of hydrogen-bond donors (Lipinski definition) is 0. The molecular weight excluding hydrogens is 354 g/mol. The van der Waals surface area contributed by atoms with Gasteiger partial charge in [-0.3, -0.25) is 15.1 Å². The SMILES string of the molecule is O=[N+]([O-])c1cccc2c3c(cnc12)Sc1c(cnc2ccccc12)S3. The van der Waals surface area contributed by atoms with Crippen LogP contribution in [0.15, 0.2) is 74.4 Å². The Balaban J connectivity index is 1.75. The zero-order valence-corrected chi connectivity index (χ0v) is 14.3. The first-order chi connectivity index (χ1) is 12.2. The van der Waals surface area contributed by atoms with Crippen LogP contribution in [0.1, 0.15) is 0 Å². The number of fused-ring (bicyclic) bond motifs is 6. The van der Waals surface area contributed by atoms with Gasteiger partial charge in [0.15, 0.2) is 0 Å². The third-order valence-corrected chi connectivity index (χ3v) is 6.71. The fourth-order valence-electron chi connectivity index (χ4n) is 2.99. The molecule has 120 valence electrons. The quantitative estimate of drug-likeness (QED) is 0.297. The molecule has 7 heteroatoms. The molecule has 0 unspecified atom stereocenters. The van der Waals surface area contributed by atoms with Crippen LogP contribution in [-0.2, 0) is 0 Å². The van der Waals surface area contributed by atoms with Crippen LogP contribution in [0.25, 0.3) is 21.8 Å². The maximum Gasteiger partial charge on any atom is 0.295 e. The lowest BCUT2D eigenvalue weighted by Gasteiger charge is -2.20. The van der Waals surface area contributed by atoms with Gasteiger partial charge in [-0.2, -0.15) is 0 Å². The smallest absolute Gasteiger partial charge is 0.258 e. The fraction of sp³-hybridized carbons (Fsp3) is 0. The van der Waals surface area contributed by atoms with Crippen LogP contribution in [-0.4, -0.2) is 14.9 Å². The summed E-state index contributed by atoms with van der Waals surface area (Å²) < 4.78 is 0. The lowest BCUT2D eigenvalue weighted by Crippen LogP contribution is -1.97. The molecule has 0 fully saturated rings. The Bertz CT molecular complexity index is 1190. The number of benzene rings is 2. The van der Waals surface area contributed by atoms with Crippen molar-refractivity contribution in [2.45, 2.75) is 19.6 Å². The number of hydrogen-bond acceptors (Lipinski definition) is 6. The molecule has 0 N–H and O–H groups in total. The first kappa shape index (κ1) is 14.7. The van der Waals surface area contributed by atoms with Gasteiger partial charge in [-0.15, -0.1) is 0 Å². The van der Waals surface area contributed by atoms with Gasteiger partial charge in [0.1, 0.15) is 5.52 Å². The van der Waals surface area contributed by atoms with E-state index in [1.165, 1.54) is 6.07 Å². The Labute approximate surface area is 150 Å². The number of nitro benzene ring substituents is 1. The summed E-state index contributed by atoms with van der Waals surface area (Å²) in [7, 11) is 0. The average Bonchev–Trinajstić information content (AvgIpc) is 2.65. The van der Waals surface area contributed by atoms with E-state index < -0.39 is 0 Å². The highest BCUT2D eigenvalue weighted by atomic mass is 32.2. The molecule has 0 atom stereocenters. The molecule has 2 aromatic carbocycles. The van der Waals surface area contributed by atoms with E-state index in [2.05, 4.69) is 16.0 Å². The highest BCUT2D eigenvalue weighted by Crippen LogP contribution is 2.52. The fourth-order valence-corrected chi connectivity index (χ4v) is 5.41. The molecule has 3 heterocycles. The summed E-state index contributed by atoms with van der Waals surface area (Å²) in [6.07, 6.45) is 3.61. The van der Waals surface area contributed by atoms with Gasteiger partial charge in [0, 0.05) is 48.8 Å². The summed E-state index contributed by atoms with van der Waals surface area (Å²) in [6.45, 7) is 0. The molecule has 0 saturated heterocycles. The van der Waals surface area contributed by atoms with Crippen molar-refractivity contribution in [3.8, 4) is 0 Å². The van der Waals surface area contributed by atoms with E-state index >= 15 is 0 Å². The molecule has 1 aliphatic rings. The van der Waals surface area contributed by atoms with Crippen molar-refractivity contribution in [2.75, 3.05) is 0 Å². The van der Waals surface area contributed by atoms with Gasteiger partial charge < -0.3 is 0 Å². The minimum Gasteiger partial charge on any atom is -0.258 e. The maximum absolute atomic E-state index is 11.3. The highest BCUT2D eigenvalue weighted by Gasteiger charge is 2.24. The lowest BCUT2D eigenvalue weighted by molar-refractivity contribution is -0.383. The average molecular weight is 363 g/mol. The van der Waals surface area contributed by atoms with Gasteiger partial charge in [-0.25, -0.2) is 4.98 Å². The number of non-ortho nitro benzene ring substituents is 1. The summed E-state index contributed by atoms with van der Waals surface area (Å²) in [4.78, 5) is 24.0. The van der Waals surface area contributed by atoms with Crippen molar-refractivity contribution in [1.29, 1.82) is 0 Å². The maximum atomic E-state index is 11.3. The minimum atomic E-state index is -0.384. The molecule has 25 heavy (non-hydrogen) atoms. The zero-order chi connectivity index (χ0) is 17.0. The summed E-state index contributed by atoms with van der Waals surface area (Å²) in [5.74, 6) is 0. The van der Waals surface area contributed by atoms with Gasteiger partial charge in [0.2, 0.25) is 0 Å². The first-order valence-electron chi connectivity index (χ1n) is 7.52. The van der Waals surface area contributed by atoms with Crippen molar-refractivity contribution < 1.29 is 4.92 Å². The Morgan fingerprint density at radius 2 is 1.52 bits per heavy atom. The number of nitrogens with zero attached hydrogens (tertiary/aromatic N) is 3. The van der Waals surface area contributed by atoms with Crippen LogP contribution in [0, 0.1) is 10.1 Å². The van der Waals surface area contributed by atoms with Gasteiger partial charge in [-0.05, 0) is 6.07 Å². The normalized spacial score (nSPS) is 12.8. The molecule has 2 aromatic heterocycles. The second-order valence-electron chi connectivity index (χ2n) is 5.55. The summed E-state index contributed by atoms with van der Waals surface area (Å²) in [6, 6.07) is 13.1. The van der Waals surface area contributed by atoms with E-state index in [9.17, 15) is 10.1 Å². The van der Waals surface area contributed by atoms with Crippen LogP contribution in [0.3, 0.4) is 0 Å². The van der Waals surface area contributed by atoms with Crippen molar-refractivity contribution in [3.05, 3.63) is 65.0 Å². The number of aromatic nitrogens is 2. The van der Waals surface area contributed by atoms with Crippen LogP contribution in [0.2, 0.25) is 0 Å². The van der Waals surface area contributed by atoms with Crippen molar-refractivity contribution in [3.63, 3.8) is 0 Å². The van der Waals surface area contributed by atoms with Gasteiger partial charge in [0.05, 0.1) is 10.4 Å². The number of pyridine rings is 2. The second-order valence-corrected chi connectivity index (χ2v) is 7.66. The first-order valence-corrected chi connectivity index (χ1v) is 9.15. The standard InChI is InChI=1S/C18H9N3O2S2/c22-21(23)13-7-3-5-11-16(13)20-9-15-18(11)25-14-8-19-12-6-2-1-4-10(12)17(14)24-15/h1-9H. The topological polar surface area (TPSA) is 68.9 Å². The summed E-state index contributed by atoms with van der Waals surface area (Å²) in [5.41, 5.74) is 1.42. The van der Waals surface area contributed by atoms with Crippen molar-refractivity contribution in [2.24, 2.45) is 0 Å². The highest BCUT2D eigenvalue weighted by molar-refractivity contribution is 8.05. The van der Waals surface area contributed by atoms with Gasteiger partial charge >= 0.3 is 0 Å². The number of nitro groups is 1. The van der Waals surface area contributed by atoms with E-state index in [4.69, 9.17) is 0 Å². The number of rotatable bonds is 1. The third-order valence-electron chi connectivity index (χ3n) is 4.11. The Kier molecular flexibility index (Phi) is 3.19. The van der Waals surface area contributed by atoms with E-state index in [0.717, 1.165) is 35.9 Å². The van der Waals surface area contributed by atoms with Gasteiger partial charge in [0.25, 0.3) is 5.69 Å². The predicted molar refractivity (Wildman–Crippen MR) is 98.4 cm³/mol. The molecule has 0 amide bonds. The molecule has 0 saturated carbocycles. The summed E-state index contributed by atoms with van der Waals surface area (Å²) in [5, 5.41) is 13.2. The summed E-state index contributed by atoms with van der Waals surface area (Å²) >= 11 is 3.25. The second kappa shape index (κ2) is 5.44. The molecule has 4 aromatic rings. The molecule has 5 nitrogen and oxygen atoms in total. The largest absolute Gasteiger partial charge is 0.295 e. The Hall–Kier alpha value is -2.64. The molecule has 5 rings (SSSR count). The molecular formula is C18H9N3O2S2. The molecule has 0 spiro atoms. The molecule has 0 bridgehead atoms. The third kappa shape index (κ3) is 2.20. The van der Waals surface area contributed by atoms with Gasteiger partial charge in [-0.1, -0.05) is 53.9 Å². The van der Waals surface area contributed by atoms with Crippen LogP contribution in [0.4, 0.5) is 5.69 Å². The van der Waals surface area contributed by atoms with Crippen LogP contribution < -0.4 is 0 Å². The molecule has 0 radical (unpaired) electrons. The number of para-hydroxylation sites is 2. The van der Waals surface area contributed by atoms with E-state index in [-0.39, 0.29) is 10.6 Å². The molecule has 0 aliphatic carbocycles. The predicted octanol–water partition coefficient (Wildman–Crippen LogP) is 5.31. The Morgan fingerprint density at radius 3 is 2.32 bits per heavy atom. The lowest BCUT2D eigenvalue weighted by atomic mass is 10.2. The zero-order valence-electron chi connectivity index (χ0n) is 12.7. The Morgan fingerprint density at radius 1 is 0.840 bits per heavy atom. The van der Waals surface area contributed by atoms with Crippen LogP contribution >= 0.6 is 23.5 Å². The minimum absolute atomic E-state index is 0.0355.